The Balaban J connectivity index is 1.79. The third kappa shape index (κ3) is 2.80. The summed E-state index contributed by atoms with van der Waals surface area (Å²) in [5, 5.41) is 7.79. The number of nitrogens with one attached hydrogen (secondary N) is 2. The summed E-state index contributed by atoms with van der Waals surface area (Å²) in [6, 6.07) is 6.13. The molecule has 0 spiro atoms. The van der Waals surface area contributed by atoms with Crippen molar-refractivity contribution in [2.24, 2.45) is 0 Å². The van der Waals surface area contributed by atoms with Crippen LogP contribution in [0.2, 0.25) is 0 Å². The summed E-state index contributed by atoms with van der Waals surface area (Å²) in [6.45, 7) is 5.40. The molecule has 2 aliphatic heterocycles. The van der Waals surface area contributed by atoms with Gasteiger partial charge in [-0.05, 0) is 13.0 Å². The third-order valence-electron chi connectivity index (χ3n) is 4.92. The van der Waals surface area contributed by atoms with E-state index in [4.69, 9.17) is 0 Å². The van der Waals surface area contributed by atoms with Crippen molar-refractivity contribution in [3.63, 3.8) is 0 Å². The lowest BCUT2D eigenvalue weighted by Gasteiger charge is -2.37. The highest BCUT2D eigenvalue weighted by Gasteiger charge is 2.27. The normalized spacial score (nSPS) is 21.6. The van der Waals surface area contributed by atoms with Gasteiger partial charge in [0.15, 0.2) is 0 Å². The number of fused-ring (bicyclic) bond motifs is 1. The van der Waals surface area contributed by atoms with Crippen molar-refractivity contribution >= 4 is 34.1 Å². The van der Waals surface area contributed by atoms with Gasteiger partial charge in [-0.2, -0.15) is 0 Å². The zero-order valence-corrected chi connectivity index (χ0v) is 14.2. The molecule has 2 N–H and O–H groups in total. The van der Waals surface area contributed by atoms with Gasteiger partial charge in [0, 0.05) is 61.3 Å². The number of urea groups is 1. The van der Waals surface area contributed by atoms with Gasteiger partial charge in [-0.3, -0.25) is 20.0 Å². The summed E-state index contributed by atoms with van der Waals surface area (Å²) in [5.74, 6) is -0.232. The van der Waals surface area contributed by atoms with Gasteiger partial charge in [-0.15, -0.1) is 0 Å². The van der Waals surface area contributed by atoms with Crippen LogP contribution in [0, 0.1) is 0 Å². The molecule has 2 aromatic rings. The minimum absolute atomic E-state index is 0.232. The molecule has 0 unspecified atom stereocenters. The molecule has 1 atom stereocenters. The topological polar surface area (TPSA) is 77.6 Å². The average Bonchev–Trinajstić information content (AvgIpc) is 2.62. The van der Waals surface area contributed by atoms with Crippen molar-refractivity contribution in [3.8, 4) is 0 Å². The van der Waals surface area contributed by atoms with Gasteiger partial charge in [0.05, 0.1) is 11.9 Å². The van der Waals surface area contributed by atoms with Crippen molar-refractivity contribution in [2.45, 2.75) is 19.4 Å². The highest BCUT2D eigenvalue weighted by atomic mass is 16.2. The molecule has 0 radical (unpaired) electrons. The minimum Gasteiger partial charge on any atom is -0.366 e. The van der Waals surface area contributed by atoms with Crippen LogP contribution in [0.25, 0.3) is 10.8 Å². The molecule has 2 saturated heterocycles. The van der Waals surface area contributed by atoms with Crippen LogP contribution in [0.1, 0.15) is 13.3 Å². The van der Waals surface area contributed by atoms with Crippen LogP contribution in [-0.2, 0) is 4.79 Å². The van der Waals surface area contributed by atoms with E-state index in [0.29, 0.717) is 19.0 Å². The molecule has 4 rings (SSSR count). The maximum absolute atomic E-state index is 12.2. The largest absolute Gasteiger partial charge is 0.366 e. The third-order valence-corrected chi connectivity index (χ3v) is 4.92. The number of hydrogen-bond donors (Lipinski definition) is 2. The predicted octanol–water partition coefficient (Wildman–Crippen LogP) is 1.48. The molecular formula is C18H21N5O2. The van der Waals surface area contributed by atoms with E-state index in [9.17, 15) is 9.59 Å². The molecule has 0 aliphatic carbocycles. The van der Waals surface area contributed by atoms with Crippen molar-refractivity contribution in [1.82, 2.24) is 15.6 Å². The molecule has 3 heterocycles. The SMILES string of the molecule is C[C@@H]1CNCCN1c1cccc2c(N3CCC(=O)NC3=O)cncc12. The van der Waals surface area contributed by atoms with Crippen LogP contribution in [-0.4, -0.2) is 49.1 Å². The van der Waals surface area contributed by atoms with Crippen LogP contribution >= 0.6 is 0 Å². The molecule has 7 nitrogen and oxygen atoms in total. The van der Waals surface area contributed by atoms with Crippen molar-refractivity contribution < 1.29 is 9.59 Å². The molecule has 130 valence electrons. The Morgan fingerprint density at radius 2 is 2.00 bits per heavy atom. The first-order chi connectivity index (χ1) is 12.1. The quantitative estimate of drug-likeness (QED) is 0.867. The molecule has 7 heteroatoms. The standard InChI is InChI=1S/C18H21N5O2/c1-12-9-19-6-8-22(12)15-4-2-3-13-14(15)10-20-11-16(13)23-7-5-17(24)21-18(23)25/h2-4,10-12,19H,5-9H2,1H3,(H,21,24,25)/t12-/m1/s1. The number of amides is 3. The molecular weight excluding hydrogens is 318 g/mol. The Morgan fingerprint density at radius 3 is 2.80 bits per heavy atom. The number of anilines is 2. The Morgan fingerprint density at radius 1 is 1.12 bits per heavy atom. The fourth-order valence-electron chi connectivity index (χ4n) is 3.62. The predicted molar refractivity (Wildman–Crippen MR) is 96.9 cm³/mol. The first-order valence-corrected chi connectivity index (χ1v) is 8.60. The summed E-state index contributed by atoms with van der Waals surface area (Å²) in [4.78, 5) is 32.0. The fourth-order valence-corrected chi connectivity index (χ4v) is 3.62. The summed E-state index contributed by atoms with van der Waals surface area (Å²) in [5.41, 5.74) is 1.88. The number of carbonyl (C=O) groups excluding carboxylic acids is 2. The summed E-state index contributed by atoms with van der Waals surface area (Å²) >= 11 is 0. The van der Waals surface area contributed by atoms with Gasteiger partial charge in [0.25, 0.3) is 0 Å². The lowest BCUT2D eigenvalue weighted by Crippen LogP contribution is -2.50. The van der Waals surface area contributed by atoms with E-state index in [1.54, 1.807) is 11.1 Å². The monoisotopic (exact) mass is 339 g/mol. The van der Waals surface area contributed by atoms with Gasteiger partial charge < -0.3 is 10.2 Å². The van der Waals surface area contributed by atoms with Gasteiger partial charge in [-0.25, -0.2) is 4.79 Å². The molecule has 0 saturated carbocycles. The van der Waals surface area contributed by atoms with E-state index < -0.39 is 0 Å². The lowest BCUT2D eigenvalue weighted by atomic mass is 10.1. The molecule has 2 fully saturated rings. The Hall–Kier alpha value is -2.67. The molecule has 25 heavy (non-hydrogen) atoms. The summed E-state index contributed by atoms with van der Waals surface area (Å²) < 4.78 is 0. The highest BCUT2D eigenvalue weighted by molar-refractivity contribution is 6.11. The van der Waals surface area contributed by atoms with Crippen molar-refractivity contribution in [1.29, 1.82) is 0 Å². The number of pyridine rings is 1. The molecule has 3 amide bonds. The van der Waals surface area contributed by atoms with Gasteiger partial charge in [0.1, 0.15) is 0 Å². The van der Waals surface area contributed by atoms with Crippen molar-refractivity contribution in [2.75, 3.05) is 36.0 Å². The maximum atomic E-state index is 12.2. The van der Waals surface area contributed by atoms with E-state index in [2.05, 4.69) is 33.5 Å². The lowest BCUT2D eigenvalue weighted by molar-refractivity contribution is -0.120. The number of aromatic nitrogens is 1. The van der Waals surface area contributed by atoms with E-state index >= 15 is 0 Å². The van der Waals surface area contributed by atoms with Gasteiger partial charge in [0.2, 0.25) is 5.91 Å². The van der Waals surface area contributed by atoms with Crippen LogP contribution in [0.4, 0.5) is 16.2 Å². The number of carbonyl (C=O) groups is 2. The Labute approximate surface area is 146 Å². The number of hydrogen-bond acceptors (Lipinski definition) is 5. The maximum Gasteiger partial charge on any atom is 0.328 e. The van der Waals surface area contributed by atoms with Crippen LogP contribution < -0.4 is 20.4 Å². The number of benzene rings is 1. The first kappa shape index (κ1) is 15.8. The van der Waals surface area contributed by atoms with Crippen LogP contribution in [0.5, 0.6) is 0 Å². The minimum atomic E-state index is -0.383. The Kier molecular flexibility index (Phi) is 4.01. The number of nitrogens with zero attached hydrogens (tertiary/aromatic N) is 3. The van der Waals surface area contributed by atoms with Gasteiger partial charge >= 0.3 is 6.03 Å². The smallest absolute Gasteiger partial charge is 0.328 e. The van der Waals surface area contributed by atoms with E-state index in [0.717, 1.165) is 41.8 Å². The second kappa shape index (κ2) is 6.33. The number of rotatable bonds is 2. The zero-order chi connectivity index (χ0) is 17.4. The van der Waals surface area contributed by atoms with E-state index in [1.807, 2.05) is 18.3 Å². The second-order valence-electron chi connectivity index (χ2n) is 6.53. The number of piperazine rings is 1. The number of imide groups is 1. The second-order valence-corrected chi connectivity index (χ2v) is 6.53. The molecule has 2 aliphatic rings. The Bertz CT molecular complexity index is 837. The fraction of sp³-hybridized carbons (Fsp3) is 0.389. The van der Waals surface area contributed by atoms with Crippen LogP contribution in [0.3, 0.4) is 0 Å². The van der Waals surface area contributed by atoms with E-state index in [1.165, 1.54) is 0 Å². The van der Waals surface area contributed by atoms with Crippen LogP contribution in [0.15, 0.2) is 30.6 Å². The molecule has 1 aromatic carbocycles. The molecule has 0 bridgehead atoms. The van der Waals surface area contributed by atoms with Crippen molar-refractivity contribution in [3.05, 3.63) is 30.6 Å². The average molecular weight is 339 g/mol. The summed E-state index contributed by atoms with van der Waals surface area (Å²) in [6.07, 6.45) is 3.86. The van der Waals surface area contributed by atoms with E-state index in [-0.39, 0.29) is 11.9 Å². The summed E-state index contributed by atoms with van der Waals surface area (Å²) in [7, 11) is 0. The molecule has 1 aromatic heterocycles. The zero-order valence-electron chi connectivity index (χ0n) is 14.2. The first-order valence-electron chi connectivity index (χ1n) is 8.60. The van der Waals surface area contributed by atoms with Gasteiger partial charge in [-0.1, -0.05) is 12.1 Å². The highest BCUT2D eigenvalue weighted by Crippen LogP contribution is 2.34.